The van der Waals surface area contributed by atoms with E-state index >= 15 is 0 Å². The van der Waals surface area contributed by atoms with Gasteiger partial charge in [-0.2, -0.15) is 0 Å². The van der Waals surface area contributed by atoms with Crippen LogP contribution in [0.15, 0.2) is 78.9 Å². The summed E-state index contributed by atoms with van der Waals surface area (Å²) in [4.78, 5) is 13.0. The molecule has 4 aromatic rings. The fourth-order valence-corrected chi connectivity index (χ4v) is 6.62. The van der Waals surface area contributed by atoms with Gasteiger partial charge in [0.15, 0.2) is 0 Å². The third kappa shape index (κ3) is 5.65. The van der Waals surface area contributed by atoms with Crippen molar-refractivity contribution in [2.75, 3.05) is 19.7 Å². The van der Waals surface area contributed by atoms with Gasteiger partial charge in [0.1, 0.15) is 11.4 Å². The maximum Gasteiger partial charge on any atom is 0.352 e. The summed E-state index contributed by atoms with van der Waals surface area (Å²) in [7, 11) is 0. The number of nitrogens with one attached hydrogen (secondary N) is 2. The van der Waals surface area contributed by atoms with Crippen molar-refractivity contribution in [3.8, 4) is 5.75 Å². The fourth-order valence-electron chi connectivity index (χ4n) is 6.62. The number of ether oxygens (including phenoxy) is 1. The zero-order chi connectivity index (χ0) is 27.3. The minimum Gasteiger partial charge on any atom is -0.494 e. The molecule has 0 spiro atoms. The van der Waals surface area contributed by atoms with Crippen molar-refractivity contribution in [3.05, 3.63) is 101 Å². The number of aromatic nitrogens is 1. The fraction of sp³-hybridized carbons (Fsp3) is 0.382. The molecule has 2 aliphatic heterocycles. The van der Waals surface area contributed by atoms with E-state index in [0.717, 1.165) is 65.7 Å². The topological polar surface area (TPSA) is 75.5 Å². The second-order valence-electron chi connectivity index (χ2n) is 11.2. The van der Waals surface area contributed by atoms with Crippen LogP contribution in [0.3, 0.4) is 0 Å². The second-order valence-corrected chi connectivity index (χ2v) is 11.2. The van der Waals surface area contributed by atoms with Crippen LogP contribution in [0.25, 0.3) is 10.9 Å². The lowest BCUT2D eigenvalue weighted by atomic mass is 9.83. The van der Waals surface area contributed by atoms with Gasteiger partial charge < -0.3 is 25.0 Å². The lowest BCUT2D eigenvalue weighted by molar-refractivity contribution is 0.0684. The molecule has 2 saturated heterocycles. The van der Waals surface area contributed by atoms with Crippen LogP contribution in [0, 0.1) is 0 Å². The van der Waals surface area contributed by atoms with Gasteiger partial charge in [-0.1, -0.05) is 60.7 Å². The Morgan fingerprint density at radius 1 is 0.850 bits per heavy atom. The van der Waals surface area contributed by atoms with Crippen LogP contribution in [-0.2, 0) is 6.54 Å². The first-order valence-electron chi connectivity index (χ1n) is 14.8. The summed E-state index contributed by atoms with van der Waals surface area (Å²) >= 11 is 0. The van der Waals surface area contributed by atoms with Gasteiger partial charge >= 0.3 is 5.97 Å². The average molecular weight is 538 g/mol. The quantitative estimate of drug-likeness (QED) is 0.213. The van der Waals surface area contributed by atoms with Gasteiger partial charge in [0.05, 0.1) is 6.61 Å². The minimum atomic E-state index is -0.882. The predicted octanol–water partition coefficient (Wildman–Crippen LogP) is 6.18. The lowest BCUT2D eigenvalue weighted by Crippen LogP contribution is -2.24. The highest BCUT2D eigenvalue weighted by Crippen LogP contribution is 2.41. The molecule has 6 nitrogen and oxygen atoms in total. The first-order valence-corrected chi connectivity index (χ1v) is 14.8. The van der Waals surface area contributed by atoms with Gasteiger partial charge in [0, 0.05) is 41.0 Å². The van der Waals surface area contributed by atoms with Gasteiger partial charge in [0.2, 0.25) is 0 Å². The van der Waals surface area contributed by atoms with Crippen LogP contribution in [0.2, 0.25) is 0 Å². The molecule has 3 aromatic carbocycles. The van der Waals surface area contributed by atoms with Crippen LogP contribution in [0.1, 0.15) is 71.6 Å². The zero-order valence-corrected chi connectivity index (χ0v) is 23.0. The van der Waals surface area contributed by atoms with Crippen LogP contribution < -0.4 is 15.4 Å². The van der Waals surface area contributed by atoms with Crippen LogP contribution >= 0.6 is 0 Å². The summed E-state index contributed by atoms with van der Waals surface area (Å²) in [5, 5.41) is 18.7. The Morgan fingerprint density at radius 3 is 2.17 bits per heavy atom. The van der Waals surface area contributed by atoms with Crippen molar-refractivity contribution < 1.29 is 14.6 Å². The van der Waals surface area contributed by atoms with E-state index < -0.39 is 5.97 Å². The van der Waals surface area contributed by atoms with Gasteiger partial charge in [-0.3, -0.25) is 0 Å². The Balaban J connectivity index is 1.37. The number of carbonyl (C=O) groups is 1. The highest BCUT2D eigenvalue weighted by atomic mass is 16.5. The SMILES string of the molecule is O=C(O)c1c(C(c2ccccc2)c2ccc(OCCC3CCCN3)cc2)c2ccccc2n1CCC1CCCN1. The van der Waals surface area contributed by atoms with E-state index in [4.69, 9.17) is 4.74 Å². The van der Waals surface area contributed by atoms with E-state index in [0.29, 0.717) is 30.9 Å². The lowest BCUT2D eigenvalue weighted by Gasteiger charge is -2.21. The van der Waals surface area contributed by atoms with E-state index in [-0.39, 0.29) is 5.92 Å². The van der Waals surface area contributed by atoms with Gasteiger partial charge in [-0.15, -0.1) is 0 Å². The molecule has 0 amide bonds. The van der Waals surface area contributed by atoms with Crippen molar-refractivity contribution in [2.45, 2.75) is 63.1 Å². The Labute approximate surface area is 236 Å². The number of hydrogen-bond donors (Lipinski definition) is 3. The molecule has 3 unspecified atom stereocenters. The summed E-state index contributed by atoms with van der Waals surface area (Å²) < 4.78 is 8.13. The first kappa shape index (κ1) is 26.6. The first-order chi connectivity index (χ1) is 19.7. The molecule has 2 aliphatic rings. The summed E-state index contributed by atoms with van der Waals surface area (Å²) in [6.45, 7) is 3.50. The van der Waals surface area contributed by atoms with E-state index in [1.54, 1.807) is 0 Å². The standard InChI is InChI=1S/C34H39N3O3/c38-34(39)33-32(29-12-4-5-13-30(29)37(33)22-18-26-10-6-20-35-26)31(24-8-2-1-3-9-24)25-14-16-28(17-15-25)40-23-19-27-11-7-21-36-27/h1-5,8-9,12-17,26-27,31,35-36H,6-7,10-11,18-23H2,(H,38,39). The highest BCUT2D eigenvalue weighted by molar-refractivity contribution is 5.99. The Hall–Kier alpha value is -3.61. The molecule has 0 saturated carbocycles. The van der Waals surface area contributed by atoms with Crippen LogP contribution in [0.5, 0.6) is 5.75 Å². The minimum absolute atomic E-state index is 0.222. The van der Waals surface area contributed by atoms with Gasteiger partial charge in [-0.25, -0.2) is 4.79 Å². The maximum absolute atomic E-state index is 13.0. The summed E-state index contributed by atoms with van der Waals surface area (Å²) in [5.74, 6) is -0.259. The summed E-state index contributed by atoms with van der Waals surface area (Å²) in [6.07, 6.45) is 6.71. The second kappa shape index (κ2) is 12.3. The Kier molecular flexibility index (Phi) is 8.17. The van der Waals surface area contributed by atoms with E-state index in [1.807, 2.05) is 47.0 Å². The Bertz CT molecular complexity index is 1420. The molecular weight excluding hydrogens is 498 g/mol. The average Bonchev–Trinajstić information content (AvgIpc) is 3.75. The molecular formula is C34H39N3O3. The number of aromatic carboxylic acids is 1. The molecule has 0 radical (unpaired) electrons. The van der Waals surface area contributed by atoms with Crippen molar-refractivity contribution in [2.24, 2.45) is 0 Å². The number of hydrogen-bond acceptors (Lipinski definition) is 4. The number of rotatable bonds is 11. The van der Waals surface area contributed by atoms with E-state index in [1.165, 1.54) is 19.3 Å². The van der Waals surface area contributed by atoms with Crippen molar-refractivity contribution >= 4 is 16.9 Å². The molecule has 208 valence electrons. The van der Waals surface area contributed by atoms with E-state index in [9.17, 15) is 9.90 Å². The van der Waals surface area contributed by atoms with Crippen LogP contribution in [0.4, 0.5) is 0 Å². The largest absolute Gasteiger partial charge is 0.494 e. The smallest absolute Gasteiger partial charge is 0.352 e. The van der Waals surface area contributed by atoms with Gasteiger partial charge in [0.25, 0.3) is 0 Å². The molecule has 1 aromatic heterocycles. The van der Waals surface area contributed by atoms with Crippen molar-refractivity contribution in [1.29, 1.82) is 0 Å². The number of carboxylic acids is 1. The molecule has 3 N–H and O–H groups in total. The number of para-hydroxylation sites is 1. The number of aryl methyl sites for hydroxylation is 1. The third-order valence-corrected chi connectivity index (χ3v) is 8.61. The molecule has 3 atom stereocenters. The molecule has 6 heteroatoms. The van der Waals surface area contributed by atoms with Crippen molar-refractivity contribution in [1.82, 2.24) is 15.2 Å². The molecule has 0 aliphatic carbocycles. The number of carboxylic acid groups (broad SMARTS) is 1. The maximum atomic E-state index is 13.0. The molecule has 40 heavy (non-hydrogen) atoms. The van der Waals surface area contributed by atoms with E-state index in [2.05, 4.69) is 47.0 Å². The summed E-state index contributed by atoms with van der Waals surface area (Å²) in [5.41, 5.74) is 4.35. The molecule has 6 rings (SSSR count). The monoisotopic (exact) mass is 537 g/mol. The van der Waals surface area contributed by atoms with Crippen LogP contribution in [-0.4, -0.2) is 47.4 Å². The Morgan fingerprint density at radius 2 is 1.50 bits per heavy atom. The highest BCUT2D eigenvalue weighted by Gasteiger charge is 2.30. The van der Waals surface area contributed by atoms with Gasteiger partial charge in [-0.05, 0) is 80.9 Å². The molecule has 2 fully saturated rings. The molecule has 0 bridgehead atoms. The normalized spacial score (nSPS) is 19.7. The predicted molar refractivity (Wildman–Crippen MR) is 160 cm³/mol. The zero-order valence-electron chi connectivity index (χ0n) is 23.0. The molecule has 3 heterocycles. The number of benzene rings is 3. The van der Waals surface area contributed by atoms with Crippen molar-refractivity contribution in [3.63, 3.8) is 0 Å². The summed E-state index contributed by atoms with van der Waals surface area (Å²) in [6, 6.07) is 27.7. The number of nitrogens with zero attached hydrogens (tertiary/aromatic N) is 1. The number of fused-ring (bicyclic) bond motifs is 1. The third-order valence-electron chi connectivity index (χ3n) is 8.61.